The molecule has 0 saturated heterocycles. The van der Waals surface area contributed by atoms with Gasteiger partial charge in [0.2, 0.25) is 5.91 Å². The average Bonchev–Trinajstić information content (AvgIpc) is 2.94. The van der Waals surface area contributed by atoms with Crippen molar-refractivity contribution < 1.29 is 24.3 Å². The maximum Gasteiger partial charge on any atom is 0.326 e. The van der Waals surface area contributed by atoms with E-state index in [1.807, 2.05) is 0 Å². The Bertz CT molecular complexity index is 1210. The van der Waals surface area contributed by atoms with Crippen molar-refractivity contribution in [3.05, 3.63) is 52.9 Å². The predicted molar refractivity (Wildman–Crippen MR) is 139 cm³/mol. The lowest BCUT2D eigenvalue weighted by Crippen LogP contribution is -2.58. The minimum atomic E-state index is -1.21. The number of carboxylic acids is 1. The first-order valence-electron chi connectivity index (χ1n) is 11.6. The number of anilines is 1. The van der Waals surface area contributed by atoms with Gasteiger partial charge in [0.1, 0.15) is 11.9 Å². The highest BCUT2D eigenvalue weighted by Crippen LogP contribution is 2.16. The third-order valence-electron chi connectivity index (χ3n) is 5.33. The van der Waals surface area contributed by atoms with Crippen molar-refractivity contribution >= 4 is 29.4 Å². The second-order valence-corrected chi connectivity index (χ2v) is 8.03. The normalized spacial score (nSPS) is 16.7. The first kappa shape index (κ1) is 30.8. The minimum Gasteiger partial charge on any atom is -0.480 e. The molecule has 0 aromatic heterocycles. The average molecular weight is 559 g/mol. The van der Waals surface area contributed by atoms with Crippen molar-refractivity contribution in [2.75, 3.05) is 25.5 Å². The molecule has 214 valence electrons. The molecular formula is C21H30N14O5. The van der Waals surface area contributed by atoms with E-state index in [1.165, 1.54) is 7.05 Å². The SMILES string of the molecule is CNC(=O)CCC(NC(=O)c1ccc(NCC2=CC3=C(NC2)NC(N)NC3=O)cc1)C(=O)O.N=N/N=N/N=N/N. The molecule has 0 radical (unpaired) electrons. The lowest BCUT2D eigenvalue weighted by atomic mass is 10.1. The summed E-state index contributed by atoms with van der Waals surface area (Å²) >= 11 is 0. The lowest BCUT2D eigenvalue weighted by Gasteiger charge is -2.30. The molecule has 1 aromatic rings. The molecule has 2 aliphatic heterocycles. The largest absolute Gasteiger partial charge is 0.480 e. The summed E-state index contributed by atoms with van der Waals surface area (Å²) in [5.41, 5.74) is 14.2. The summed E-state index contributed by atoms with van der Waals surface area (Å²) in [5.74, 6) is 2.76. The number of aliphatic carboxylic acids is 1. The van der Waals surface area contributed by atoms with Gasteiger partial charge >= 0.3 is 5.97 Å². The summed E-state index contributed by atoms with van der Waals surface area (Å²) in [6.07, 6.45) is 1.14. The molecule has 19 nitrogen and oxygen atoms in total. The monoisotopic (exact) mass is 558 g/mol. The Labute approximate surface area is 227 Å². The molecule has 2 heterocycles. The smallest absolute Gasteiger partial charge is 0.326 e. The van der Waals surface area contributed by atoms with E-state index in [1.54, 1.807) is 30.3 Å². The Morgan fingerprint density at radius 3 is 2.52 bits per heavy atom. The molecule has 0 aliphatic carbocycles. The van der Waals surface area contributed by atoms with E-state index < -0.39 is 24.2 Å². The topological polar surface area (TPSA) is 298 Å². The summed E-state index contributed by atoms with van der Waals surface area (Å²) < 4.78 is 0. The maximum atomic E-state index is 12.4. The summed E-state index contributed by atoms with van der Waals surface area (Å²) in [6.45, 7) is 1.00. The first-order valence-corrected chi connectivity index (χ1v) is 11.6. The van der Waals surface area contributed by atoms with Gasteiger partial charge in [0, 0.05) is 37.8 Å². The molecule has 1 aromatic carbocycles. The van der Waals surface area contributed by atoms with Gasteiger partial charge in [-0.25, -0.2) is 4.79 Å². The molecule has 40 heavy (non-hydrogen) atoms. The standard InChI is InChI=1S/C21H27N7O5.H3N7/c1-23-16(29)7-6-15(20(32)33)26-18(30)12-2-4-13(5-3-12)24-9-11-8-14-17(25-10-11)27-21(22)28-19(14)31;1-3-5-7-6-4-2/h2-5,8,15,21,24-25,27H,6-7,9-10,22H2,1H3,(H,23,29)(H,26,30)(H,28,31)(H,32,33);(H3,1,2,5,6). The van der Waals surface area contributed by atoms with Crippen molar-refractivity contribution in [3.8, 4) is 0 Å². The molecule has 0 fully saturated rings. The molecule has 2 atom stereocenters. The van der Waals surface area contributed by atoms with Crippen LogP contribution in [0.25, 0.3) is 0 Å². The van der Waals surface area contributed by atoms with Crippen LogP contribution < -0.4 is 43.5 Å². The molecule has 2 aliphatic rings. The Kier molecular flexibility index (Phi) is 12.1. The zero-order valence-corrected chi connectivity index (χ0v) is 21.3. The van der Waals surface area contributed by atoms with Crippen LogP contribution in [0.4, 0.5) is 5.69 Å². The molecular weight excluding hydrogens is 528 g/mol. The predicted octanol–water partition coefficient (Wildman–Crippen LogP) is -0.864. The van der Waals surface area contributed by atoms with Crippen molar-refractivity contribution in [2.45, 2.75) is 25.2 Å². The zero-order chi connectivity index (χ0) is 29.5. The van der Waals surface area contributed by atoms with Crippen LogP contribution in [-0.2, 0) is 14.4 Å². The molecule has 3 amide bonds. The van der Waals surface area contributed by atoms with Crippen LogP contribution in [-0.4, -0.2) is 61.3 Å². The first-order chi connectivity index (χ1) is 19.2. The number of carbonyl (C=O) groups is 4. The van der Waals surface area contributed by atoms with Gasteiger partial charge in [-0.3, -0.25) is 20.1 Å². The van der Waals surface area contributed by atoms with E-state index in [9.17, 15) is 24.3 Å². The number of dihydropyridines is 1. The van der Waals surface area contributed by atoms with Crippen molar-refractivity contribution in [2.24, 2.45) is 37.7 Å². The summed E-state index contributed by atoms with van der Waals surface area (Å²) in [6, 6.07) is 5.38. The van der Waals surface area contributed by atoms with E-state index in [0.29, 0.717) is 30.0 Å². The fourth-order valence-corrected chi connectivity index (χ4v) is 3.37. The van der Waals surface area contributed by atoms with E-state index in [4.69, 9.17) is 11.3 Å². The second kappa shape index (κ2) is 15.7. The molecule has 19 heteroatoms. The highest BCUT2D eigenvalue weighted by Gasteiger charge is 2.26. The third kappa shape index (κ3) is 9.78. The van der Waals surface area contributed by atoms with Gasteiger partial charge in [-0.15, -0.1) is 0 Å². The Hall–Kier alpha value is -5.46. The number of nitrogens with two attached hydrogens (primary N) is 2. The van der Waals surface area contributed by atoms with Crippen LogP contribution in [0.2, 0.25) is 0 Å². The second-order valence-electron chi connectivity index (χ2n) is 8.03. The maximum absolute atomic E-state index is 12.4. The van der Waals surface area contributed by atoms with E-state index >= 15 is 0 Å². The Balaban J connectivity index is 0.000000708. The van der Waals surface area contributed by atoms with Crippen molar-refractivity contribution in [1.82, 2.24) is 26.6 Å². The van der Waals surface area contributed by atoms with Gasteiger partial charge in [-0.2, -0.15) is 5.53 Å². The minimum absolute atomic E-state index is 0.00969. The molecule has 3 rings (SSSR count). The van der Waals surface area contributed by atoms with Crippen molar-refractivity contribution in [3.63, 3.8) is 0 Å². The number of nitrogens with one attached hydrogen (secondary N) is 7. The Morgan fingerprint density at radius 2 is 1.90 bits per heavy atom. The summed E-state index contributed by atoms with van der Waals surface area (Å²) in [4.78, 5) is 47.2. The van der Waals surface area contributed by atoms with Crippen LogP contribution in [0.15, 0.2) is 73.4 Å². The quantitative estimate of drug-likeness (QED) is 0.0909. The van der Waals surface area contributed by atoms with Gasteiger partial charge in [0.15, 0.2) is 6.29 Å². The van der Waals surface area contributed by atoms with Crippen LogP contribution in [0.3, 0.4) is 0 Å². The van der Waals surface area contributed by atoms with Gasteiger partial charge in [-0.05, 0) is 63.2 Å². The fraction of sp³-hybridized carbons (Fsp3) is 0.333. The van der Waals surface area contributed by atoms with Crippen LogP contribution in [0.1, 0.15) is 23.2 Å². The van der Waals surface area contributed by atoms with E-state index in [2.05, 4.69) is 63.9 Å². The van der Waals surface area contributed by atoms with E-state index in [-0.39, 0.29) is 24.7 Å². The number of amides is 3. The number of rotatable bonds is 11. The Morgan fingerprint density at radius 1 is 1.18 bits per heavy atom. The van der Waals surface area contributed by atoms with Gasteiger partial charge in [0.25, 0.3) is 11.8 Å². The number of hydrogen-bond acceptors (Lipinski definition) is 10. The van der Waals surface area contributed by atoms with Gasteiger partial charge in [-0.1, -0.05) is 5.22 Å². The molecule has 0 spiro atoms. The highest BCUT2D eigenvalue weighted by atomic mass is 16.4. The third-order valence-corrected chi connectivity index (χ3v) is 5.33. The molecule has 0 bridgehead atoms. The van der Waals surface area contributed by atoms with Gasteiger partial charge in [0.05, 0.1) is 5.57 Å². The highest BCUT2D eigenvalue weighted by molar-refractivity contribution is 5.98. The fourth-order valence-electron chi connectivity index (χ4n) is 3.37. The van der Waals surface area contributed by atoms with E-state index in [0.717, 1.165) is 11.3 Å². The van der Waals surface area contributed by atoms with Gasteiger partial charge < -0.3 is 42.8 Å². The molecule has 2 unspecified atom stereocenters. The van der Waals surface area contributed by atoms with Crippen LogP contribution in [0, 0.1) is 5.53 Å². The number of nitrogens with zero attached hydrogens (tertiary/aromatic N) is 5. The van der Waals surface area contributed by atoms with Crippen LogP contribution >= 0.6 is 0 Å². The zero-order valence-electron chi connectivity index (χ0n) is 21.3. The number of hydrogen-bond donors (Lipinski definition) is 10. The summed E-state index contributed by atoms with van der Waals surface area (Å²) in [7, 11) is 1.46. The summed E-state index contributed by atoms with van der Waals surface area (Å²) in [5, 5.41) is 39.6. The molecule has 12 N–H and O–H groups in total. The van der Waals surface area contributed by atoms with Crippen LogP contribution in [0.5, 0.6) is 0 Å². The number of carboxylic acid groups (broad SMARTS) is 1. The molecule has 0 saturated carbocycles. The number of benzene rings is 1. The van der Waals surface area contributed by atoms with Crippen molar-refractivity contribution in [1.29, 1.82) is 5.53 Å². The lowest BCUT2D eigenvalue weighted by molar-refractivity contribution is -0.139. The number of carbonyl (C=O) groups excluding carboxylic acids is 3.